The second-order valence-electron chi connectivity index (χ2n) is 20.1. The molecular formula is C48H82N12O24. The second kappa shape index (κ2) is 34.8. The first-order valence-corrected chi connectivity index (χ1v) is 26.6. The van der Waals surface area contributed by atoms with Crippen molar-refractivity contribution in [2.45, 2.75) is 203 Å². The molecule has 2 rings (SSSR count). The van der Waals surface area contributed by atoms with Gasteiger partial charge in [0.2, 0.25) is 65.0 Å². The lowest BCUT2D eigenvalue weighted by Crippen LogP contribution is -2.70. The first-order valence-electron chi connectivity index (χ1n) is 26.6. The summed E-state index contributed by atoms with van der Waals surface area (Å²) >= 11 is 0. The van der Waals surface area contributed by atoms with E-state index >= 15 is 0 Å². The molecule has 0 aliphatic carbocycles. The van der Waals surface area contributed by atoms with Gasteiger partial charge in [-0.25, -0.2) is 0 Å². The Morgan fingerprint density at radius 1 is 0.583 bits per heavy atom. The van der Waals surface area contributed by atoms with Crippen molar-refractivity contribution in [3.05, 3.63) is 0 Å². The number of aliphatic hydroxyl groups is 7. The quantitative estimate of drug-likeness (QED) is 0.0271. The van der Waals surface area contributed by atoms with Crippen LogP contribution in [-0.4, -0.2) is 260 Å². The minimum absolute atomic E-state index is 0.103. The van der Waals surface area contributed by atoms with E-state index in [0.29, 0.717) is 0 Å². The fourth-order valence-electron chi connectivity index (χ4n) is 8.18. The molecule has 2 heterocycles. The Morgan fingerprint density at radius 2 is 1.13 bits per heavy atom. The third-order valence-corrected chi connectivity index (χ3v) is 13.0. The average Bonchev–Trinajstić information content (AvgIpc) is 3.41. The Bertz CT molecular complexity index is 2300. The summed E-state index contributed by atoms with van der Waals surface area (Å²) in [5.41, 5.74) is 11.0. The third kappa shape index (κ3) is 22.6. The lowest BCUT2D eigenvalue weighted by atomic mass is 9.94. The van der Waals surface area contributed by atoms with Crippen LogP contribution in [0.2, 0.25) is 0 Å². The number of amides is 11. The normalized spacial score (nSPS) is 25.7. The van der Waals surface area contributed by atoms with Gasteiger partial charge in [-0.15, -0.1) is 0 Å². The van der Waals surface area contributed by atoms with Gasteiger partial charge in [-0.1, -0.05) is 0 Å². The van der Waals surface area contributed by atoms with Crippen molar-refractivity contribution in [1.29, 1.82) is 0 Å². The number of carbonyl (C=O) groups excluding carboxylic acids is 11. The molecule has 84 heavy (non-hydrogen) atoms. The number of hydrogen-bond donors (Lipinski definition) is 20. The number of aliphatic carboxylic acids is 1. The summed E-state index contributed by atoms with van der Waals surface area (Å²) < 4.78 is 23.2. The predicted molar refractivity (Wildman–Crippen MR) is 281 cm³/mol. The van der Waals surface area contributed by atoms with E-state index in [0.717, 1.165) is 20.8 Å². The molecule has 20 atom stereocenters. The van der Waals surface area contributed by atoms with Crippen molar-refractivity contribution in [2.75, 3.05) is 26.4 Å². The van der Waals surface area contributed by atoms with Gasteiger partial charge in [-0.2, -0.15) is 0 Å². The van der Waals surface area contributed by atoms with Crippen LogP contribution in [0, 0.1) is 0 Å². The van der Waals surface area contributed by atoms with Crippen molar-refractivity contribution in [3.63, 3.8) is 0 Å². The molecular weight excluding hydrogens is 1130 g/mol. The first kappa shape index (κ1) is 73.3. The Hall–Kier alpha value is -6.84. The highest BCUT2D eigenvalue weighted by molar-refractivity contribution is 5.95. The Kier molecular flexibility index (Phi) is 30.4. The van der Waals surface area contributed by atoms with Crippen LogP contribution >= 0.6 is 0 Å². The number of ether oxygens (including phenoxy) is 4. The monoisotopic (exact) mass is 1210 g/mol. The molecule has 0 saturated carbocycles. The number of carbonyl (C=O) groups is 12. The minimum atomic E-state index is -1.93. The standard InChI is InChI=1S/C48H82N12O24/c1-17(49)39(71)60-31(21(5)64)45(77)53-19(3)41(73)59-27(14-61)43(75)51-13-9-10-26(44(76)54-20(4)46(78)79)57-30(67)12-11-25(38(50)70)58-40(72)18(2)52-42(74)22(6)81-37-33(56-24(8)66)47(80)82-29(16-63)36(37)84-48-32(55-23(7)65)35(69)34(68)28(15-62)83-48/h17-22,25-29,31-37,47-48,61-64,68-69,80H,9-16,49H2,1-8H3,(H2,50,70)(H,51,75)(H,52,74)(H,53,77)(H,54,76)(H,55,65)(H,56,66)(H,57,67)(H,58,72)(H,59,73)(H,60,71)(H,78,79). The fraction of sp³-hybridized carbons (Fsp3) is 0.750. The van der Waals surface area contributed by atoms with Crippen LogP contribution in [0.15, 0.2) is 0 Å². The number of nitrogens with one attached hydrogen (secondary N) is 10. The summed E-state index contributed by atoms with van der Waals surface area (Å²) in [6, 6.07) is -14.6. The Labute approximate surface area is 481 Å². The second-order valence-corrected chi connectivity index (χ2v) is 20.1. The van der Waals surface area contributed by atoms with Gasteiger partial charge in [-0.05, 0) is 60.8 Å². The third-order valence-electron chi connectivity index (χ3n) is 13.0. The zero-order valence-corrected chi connectivity index (χ0v) is 47.5. The summed E-state index contributed by atoms with van der Waals surface area (Å²) in [5, 5.41) is 105. The summed E-state index contributed by atoms with van der Waals surface area (Å²) in [6.45, 7) is 6.41. The molecule has 0 bridgehead atoms. The molecule has 2 fully saturated rings. The number of nitrogens with two attached hydrogens (primary N) is 2. The van der Waals surface area contributed by atoms with E-state index in [2.05, 4.69) is 53.2 Å². The number of aliphatic hydroxyl groups excluding tert-OH is 7. The van der Waals surface area contributed by atoms with E-state index in [9.17, 15) is 98.4 Å². The Balaban J connectivity index is 2.15. The molecule has 0 aromatic heterocycles. The molecule has 0 radical (unpaired) electrons. The van der Waals surface area contributed by atoms with Crippen LogP contribution in [0.5, 0.6) is 0 Å². The van der Waals surface area contributed by atoms with E-state index in [1.54, 1.807) is 0 Å². The summed E-state index contributed by atoms with van der Waals surface area (Å²) in [5.74, 6) is -11.7. The summed E-state index contributed by atoms with van der Waals surface area (Å²) in [7, 11) is 0. The van der Waals surface area contributed by atoms with Crippen LogP contribution in [0.4, 0.5) is 0 Å². The number of carboxylic acids is 1. The lowest BCUT2D eigenvalue weighted by molar-refractivity contribution is -0.333. The molecule has 11 amide bonds. The van der Waals surface area contributed by atoms with Crippen LogP contribution in [0.1, 0.15) is 81.1 Å². The number of carboxylic acid groups (broad SMARTS) is 1. The van der Waals surface area contributed by atoms with Crippen molar-refractivity contribution >= 4 is 70.9 Å². The molecule has 2 aliphatic heterocycles. The first-order chi connectivity index (χ1) is 39.2. The van der Waals surface area contributed by atoms with Gasteiger partial charge in [-0.3, -0.25) is 57.5 Å². The van der Waals surface area contributed by atoms with Gasteiger partial charge >= 0.3 is 5.97 Å². The lowest BCUT2D eigenvalue weighted by Gasteiger charge is -2.48. The van der Waals surface area contributed by atoms with Gasteiger partial charge < -0.3 is 124 Å². The van der Waals surface area contributed by atoms with Crippen LogP contribution in [-0.2, 0) is 76.5 Å². The highest BCUT2D eigenvalue weighted by Gasteiger charge is 2.53. The summed E-state index contributed by atoms with van der Waals surface area (Å²) in [4.78, 5) is 153. The van der Waals surface area contributed by atoms with E-state index < -0.39 is 225 Å². The maximum atomic E-state index is 13.6. The molecule has 22 N–H and O–H groups in total. The molecule has 2 saturated heterocycles. The van der Waals surface area contributed by atoms with Crippen LogP contribution < -0.4 is 64.6 Å². The largest absolute Gasteiger partial charge is 0.480 e. The van der Waals surface area contributed by atoms with Gasteiger partial charge in [0.15, 0.2) is 12.6 Å². The Morgan fingerprint density at radius 3 is 1.64 bits per heavy atom. The van der Waals surface area contributed by atoms with E-state index in [4.69, 9.17) is 30.4 Å². The molecule has 2 aliphatic rings. The zero-order valence-electron chi connectivity index (χ0n) is 47.5. The van der Waals surface area contributed by atoms with Crippen LogP contribution in [0.25, 0.3) is 0 Å². The van der Waals surface area contributed by atoms with E-state index in [-0.39, 0.29) is 19.4 Å². The van der Waals surface area contributed by atoms with Gasteiger partial charge in [0, 0.05) is 26.8 Å². The molecule has 0 spiro atoms. The maximum absolute atomic E-state index is 13.6. The maximum Gasteiger partial charge on any atom is 0.325 e. The smallest absolute Gasteiger partial charge is 0.325 e. The van der Waals surface area contributed by atoms with Crippen molar-refractivity contribution in [3.8, 4) is 0 Å². The molecule has 0 aromatic rings. The SMILES string of the molecule is CC(=O)NC1C(OC2C(CO)OC(O)C(NC(C)=O)C2OC(C)C(=O)NC(C)C(=O)NC(CCC(=O)NC(CCCNC(=O)C(CO)NC(=O)C(C)NC(=O)C(NC(=O)C(C)N)C(C)O)C(=O)NC(C)C(=O)O)C(N)=O)OC(CO)C(O)C1O. The van der Waals surface area contributed by atoms with Crippen molar-refractivity contribution in [1.82, 2.24) is 53.2 Å². The highest BCUT2D eigenvalue weighted by Crippen LogP contribution is 2.31. The minimum Gasteiger partial charge on any atom is -0.480 e. The molecule has 36 heteroatoms. The van der Waals surface area contributed by atoms with E-state index in [1.165, 1.54) is 34.6 Å². The van der Waals surface area contributed by atoms with Crippen molar-refractivity contribution < 1.29 is 117 Å². The number of hydrogen-bond acceptors (Lipinski definition) is 24. The zero-order chi connectivity index (χ0) is 64.0. The van der Waals surface area contributed by atoms with Gasteiger partial charge in [0.1, 0.15) is 97.1 Å². The van der Waals surface area contributed by atoms with E-state index in [1.807, 2.05) is 0 Å². The average molecular weight is 1210 g/mol. The summed E-state index contributed by atoms with van der Waals surface area (Å²) in [6.07, 6.45) is -18.1. The number of primary amides is 1. The van der Waals surface area contributed by atoms with Gasteiger partial charge in [0.25, 0.3) is 0 Å². The fourth-order valence-corrected chi connectivity index (χ4v) is 8.18. The highest BCUT2D eigenvalue weighted by atomic mass is 16.7. The topological polar surface area (TPSA) is 576 Å². The van der Waals surface area contributed by atoms with Crippen molar-refractivity contribution in [2.24, 2.45) is 11.5 Å². The van der Waals surface area contributed by atoms with Crippen LogP contribution in [0.3, 0.4) is 0 Å². The molecule has 0 aromatic carbocycles. The molecule has 36 nitrogen and oxygen atoms in total. The predicted octanol–water partition coefficient (Wildman–Crippen LogP) is -11.3. The number of rotatable bonds is 33. The molecule has 478 valence electrons. The molecule has 20 unspecified atom stereocenters. The van der Waals surface area contributed by atoms with Gasteiger partial charge in [0.05, 0.1) is 32.0 Å².